The molecular weight excluding hydrogens is 308 g/mol. The van der Waals surface area contributed by atoms with Crippen molar-refractivity contribution >= 4 is 22.8 Å². The molecule has 0 atom stereocenters. The molecule has 0 aliphatic carbocycles. The fourth-order valence-corrected chi connectivity index (χ4v) is 2.94. The molecule has 23 heavy (non-hydrogen) atoms. The van der Waals surface area contributed by atoms with Gasteiger partial charge in [-0.05, 0) is 23.8 Å². The molecule has 2 aromatic heterocycles. The van der Waals surface area contributed by atoms with Crippen molar-refractivity contribution in [3.63, 3.8) is 0 Å². The lowest BCUT2D eigenvalue weighted by Gasteiger charge is -2.07. The van der Waals surface area contributed by atoms with Crippen LogP contribution >= 0.6 is 11.7 Å². The lowest BCUT2D eigenvalue weighted by molar-refractivity contribution is 0.643. The standard InChI is InChI=1S/C17H12N4OS/c22-17-9-8-14(13-4-2-1-3-5-13)18-21(17)11-12-6-7-15-16(10-12)20-23-19-15/h1-10H,11H2. The Morgan fingerprint density at radius 3 is 2.61 bits per heavy atom. The molecule has 0 radical (unpaired) electrons. The zero-order valence-corrected chi connectivity index (χ0v) is 12.9. The molecule has 6 heteroatoms. The monoisotopic (exact) mass is 320 g/mol. The van der Waals surface area contributed by atoms with E-state index in [9.17, 15) is 4.79 Å². The largest absolute Gasteiger partial charge is 0.268 e. The summed E-state index contributed by atoms with van der Waals surface area (Å²) in [6.07, 6.45) is 0. The molecule has 112 valence electrons. The van der Waals surface area contributed by atoms with Crippen molar-refractivity contribution in [1.29, 1.82) is 0 Å². The Bertz CT molecular complexity index is 1020. The molecule has 2 aromatic carbocycles. The fraction of sp³-hybridized carbons (Fsp3) is 0.0588. The first-order valence-electron chi connectivity index (χ1n) is 7.14. The molecule has 4 aromatic rings. The molecule has 4 rings (SSSR count). The zero-order chi connectivity index (χ0) is 15.6. The van der Waals surface area contributed by atoms with Crippen LogP contribution in [0.1, 0.15) is 5.56 Å². The molecule has 0 aliphatic heterocycles. The SMILES string of the molecule is O=c1ccc(-c2ccccc2)nn1Cc1ccc2nsnc2c1. The minimum Gasteiger partial charge on any atom is -0.268 e. The molecule has 0 bridgehead atoms. The van der Waals surface area contributed by atoms with Gasteiger partial charge in [-0.25, -0.2) is 4.68 Å². The van der Waals surface area contributed by atoms with Crippen molar-refractivity contribution in [3.8, 4) is 11.3 Å². The summed E-state index contributed by atoms with van der Waals surface area (Å²) in [5.41, 5.74) is 4.34. The van der Waals surface area contributed by atoms with E-state index >= 15 is 0 Å². The summed E-state index contributed by atoms with van der Waals surface area (Å²) in [6.45, 7) is 0.410. The van der Waals surface area contributed by atoms with Crippen LogP contribution in [0.5, 0.6) is 0 Å². The topological polar surface area (TPSA) is 60.7 Å². The number of aromatic nitrogens is 4. The number of benzene rings is 2. The summed E-state index contributed by atoms with van der Waals surface area (Å²) in [6, 6.07) is 18.9. The first-order chi connectivity index (χ1) is 11.3. The van der Waals surface area contributed by atoms with Crippen LogP contribution in [0.15, 0.2) is 65.5 Å². The Kier molecular flexibility index (Phi) is 3.44. The Morgan fingerprint density at radius 1 is 0.913 bits per heavy atom. The number of fused-ring (bicyclic) bond motifs is 1. The van der Waals surface area contributed by atoms with Crippen molar-refractivity contribution in [2.24, 2.45) is 0 Å². The van der Waals surface area contributed by atoms with Crippen molar-refractivity contribution in [2.75, 3.05) is 0 Å². The van der Waals surface area contributed by atoms with Crippen molar-refractivity contribution in [2.45, 2.75) is 6.54 Å². The summed E-state index contributed by atoms with van der Waals surface area (Å²) < 4.78 is 9.89. The summed E-state index contributed by atoms with van der Waals surface area (Å²) in [5, 5.41) is 4.48. The Labute approximate surface area is 136 Å². The van der Waals surface area contributed by atoms with Crippen LogP contribution in [0, 0.1) is 0 Å². The van der Waals surface area contributed by atoms with Gasteiger partial charge in [0.25, 0.3) is 5.56 Å². The third-order valence-corrected chi connectivity index (χ3v) is 4.14. The lowest BCUT2D eigenvalue weighted by Crippen LogP contribution is -2.22. The molecule has 5 nitrogen and oxygen atoms in total. The molecule has 0 saturated heterocycles. The van der Waals surface area contributed by atoms with Crippen LogP contribution in [-0.4, -0.2) is 18.5 Å². The van der Waals surface area contributed by atoms with E-state index in [0.717, 1.165) is 27.9 Å². The van der Waals surface area contributed by atoms with E-state index < -0.39 is 0 Å². The van der Waals surface area contributed by atoms with E-state index in [4.69, 9.17) is 0 Å². The van der Waals surface area contributed by atoms with Gasteiger partial charge in [0.15, 0.2) is 0 Å². The maximum absolute atomic E-state index is 12.1. The molecule has 0 fully saturated rings. The summed E-state index contributed by atoms with van der Waals surface area (Å²) in [4.78, 5) is 12.1. The van der Waals surface area contributed by atoms with Crippen molar-refractivity contribution in [1.82, 2.24) is 18.5 Å². The predicted molar refractivity (Wildman–Crippen MR) is 90.5 cm³/mol. The van der Waals surface area contributed by atoms with E-state index in [1.807, 2.05) is 48.5 Å². The van der Waals surface area contributed by atoms with Gasteiger partial charge in [0.1, 0.15) is 11.0 Å². The summed E-state index contributed by atoms with van der Waals surface area (Å²) >= 11 is 1.19. The van der Waals surface area contributed by atoms with Crippen LogP contribution < -0.4 is 5.56 Å². The third kappa shape index (κ3) is 2.76. The van der Waals surface area contributed by atoms with E-state index in [0.29, 0.717) is 6.54 Å². The van der Waals surface area contributed by atoms with Crippen LogP contribution in [0.25, 0.3) is 22.3 Å². The summed E-state index contributed by atoms with van der Waals surface area (Å²) in [7, 11) is 0. The second kappa shape index (κ2) is 5.73. The number of nitrogens with zero attached hydrogens (tertiary/aromatic N) is 4. The molecule has 2 heterocycles. The Hall–Kier alpha value is -2.86. The smallest absolute Gasteiger partial charge is 0.267 e. The second-order valence-corrected chi connectivity index (χ2v) is 5.70. The highest BCUT2D eigenvalue weighted by Crippen LogP contribution is 2.16. The van der Waals surface area contributed by atoms with Gasteiger partial charge in [0, 0.05) is 11.6 Å². The zero-order valence-electron chi connectivity index (χ0n) is 12.1. The molecule has 0 unspecified atom stereocenters. The van der Waals surface area contributed by atoms with Gasteiger partial charge >= 0.3 is 0 Å². The van der Waals surface area contributed by atoms with Crippen LogP contribution in [0.2, 0.25) is 0 Å². The first kappa shape index (κ1) is 13.8. The highest BCUT2D eigenvalue weighted by molar-refractivity contribution is 7.00. The average molecular weight is 320 g/mol. The molecule has 0 aliphatic rings. The van der Waals surface area contributed by atoms with Crippen LogP contribution in [-0.2, 0) is 6.54 Å². The van der Waals surface area contributed by atoms with E-state index in [-0.39, 0.29) is 5.56 Å². The van der Waals surface area contributed by atoms with Gasteiger partial charge in [0.05, 0.1) is 24.0 Å². The fourth-order valence-electron chi connectivity index (χ4n) is 2.42. The maximum Gasteiger partial charge on any atom is 0.267 e. The van der Waals surface area contributed by atoms with E-state index in [2.05, 4.69) is 13.8 Å². The number of hydrogen-bond donors (Lipinski definition) is 0. The highest BCUT2D eigenvalue weighted by atomic mass is 32.1. The molecule has 0 spiro atoms. The van der Waals surface area contributed by atoms with E-state index in [1.54, 1.807) is 12.1 Å². The van der Waals surface area contributed by atoms with Crippen molar-refractivity contribution in [3.05, 3.63) is 76.6 Å². The quantitative estimate of drug-likeness (QED) is 0.582. The van der Waals surface area contributed by atoms with Gasteiger partial charge in [-0.2, -0.15) is 13.8 Å². The van der Waals surface area contributed by atoms with Crippen molar-refractivity contribution < 1.29 is 0 Å². The Balaban J connectivity index is 1.72. The van der Waals surface area contributed by atoms with Crippen LogP contribution in [0.3, 0.4) is 0 Å². The van der Waals surface area contributed by atoms with Gasteiger partial charge < -0.3 is 0 Å². The number of hydrogen-bond acceptors (Lipinski definition) is 5. The normalized spacial score (nSPS) is 11.0. The summed E-state index contributed by atoms with van der Waals surface area (Å²) in [5.74, 6) is 0. The highest BCUT2D eigenvalue weighted by Gasteiger charge is 2.06. The third-order valence-electron chi connectivity index (χ3n) is 3.59. The first-order valence-corrected chi connectivity index (χ1v) is 7.87. The lowest BCUT2D eigenvalue weighted by atomic mass is 10.1. The molecule has 0 amide bonds. The Morgan fingerprint density at radius 2 is 1.74 bits per heavy atom. The minimum absolute atomic E-state index is 0.124. The predicted octanol–water partition coefficient (Wildman–Crippen LogP) is 2.96. The molecular formula is C17H12N4OS. The molecule has 0 saturated carbocycles. The minimum atomic E-state index is -0.124. The second-order valence-electron chi connectivity index (χ2n) is 5.17. The number of rotatable bonds is 3. The average Bonchev–Trinajstić information content (AvgIpc) is 3.05. The van der Waals surface area contributed by atoms with Gasteiger partial charge in [0.2, 0.25) is 0 Å². The van der Waals surface area contributed by atoms with Gasteiger partial charge in [-0.1, -0.05) is 36.4 Å². The maximum atomic E-state index is 12.1. The van der Waals surface area contributed by atoms with Gasteiger partial charge in [-0.15, -0.1) is 0 Å². The molecule has 0 N–H and O–H groups in total. The van der Waals surface area contributed by atoms with Crippen LogP contribution in [0.4, 0.5) is 0 Å². The van der Waals surface area contributed by atoms with Gasteiger partial charge in [-0.3, -0.25) is 4.79 Å². The van der Waals surface area contributed by atoms with E-state index in [1.165, 1.54) is 16.4 Å².